The molecule has 0 N–H and O–H groups in total. The number of furan rings is 1. The van der Waals surface area contributed by atoms with E-state index in [2.05, 4.69) is 4.90 Å². The molecule has 5 nitrogen and oxygen atoms in total. The number of amides is 1. The first-order valence-electron chi connectivity index (χ1n) is 9.80. The standard InChI is InChI=1S/C23H22ClFN2O3/c24-18-4-2-6-20(14-18)29-16-21-7-8-22(30-21)23(28)27-11-9-26(10-12-27)15-17-3-1-5-19(25)13-17/h1-8,13-14H,9-12,15-16H2. The van der Waals surface area contributed by atoms with Crippen molar-refractivity contribution in [1.82, 2.24) is 9.80 Å². The van der Waals surface area contributed by atoms with Gasteiger partial charge in [-0.1, -0.05) is 29.8 Å². The van der Waals surface area contributed by atoms with E-state index in [1.54, 1.807) is 41.3 Å². The van der Waals surface area contributed by atoms with Crippen LogP contribution in [0.2, 0.25) is 5.02 Å². The maximum Gasteiger partial charge on any atom is 0.289 e. The summed E-state index contributed by atoms with van der Waals surface area (Å²) in [5.41, 5.74) is 0.935. The SMILES string of the molecule is O=C(c1ccc(COc2cccc(Cl)c2)o1)N1CCN(Cc2cccc(F)c2)CC1. The van der Waals surface area contributed by atoms with Crippen LogP contribution >= 0.6 is 11.6 Å². The van der Waals surface area contributed by atoms with Gasteiger partial charge in [0.1, 0.15) is 23.9 Å². The normalized spacial score (nSPS) is 14.7. The van der Waals surface area contributed by atoms with Gasteiger partial charge in [0, 0.05) is 37.7 Å². The zero-order valence-electron chi connectivity index (χ0n) is 16.4. The van der Waals surface area contributed by atoms with Gasteiger partial charge in [0.15, 0.2) is 5.76 Å². The molecular weight excluding hydrogens is 407 g/mol. The van der Waals surface area contributed by atoms with Crippen LogP contribution in [0.15, 0.2) is 65.1 Å². The molecule has 0 radical (unpaired) electrons. The van der Waals surface area contributed by atoms with E-state index in [0.717, 1.165) is 18.7 Å². The molecule has 0 saturated carbocycles. The van der Waals surface area contributed by atoms with Gasteiger partial charge in [-0.05, 0) is 48.0 Å². The second-order valence-electron chi connectivity index (χ2n) is 7.21. The smallest absolute Gasteiger partial charge is 0.289 e. The van der Waals surface area contributed by atoms with Crippen molar-refractivity contribution in [2.75, 3.05) is 26.2 Å². The Morgan fingerprint density at radius 2 is 1.83 bits per heavy atom. The van der Waals surface area contributed by atoms with Gasteiger partial charge in [0.05, 0.1) is 0 Å². The predicted molar refractivity (Wildman–Crippen MR) is 112 cm³/mol. The van der Waals surface area contributed by atoms with Crippen LogP contribution in [0.5, 0.6) is 5.75 Å². The highest BCUT2D eigenvalue weighted by Crippen LogP contribution is 2.20. The molecule has 1 aliphatic rings. The van der Waals surface area contributed by atoms with E-state index in [1.807, 2.05) is 18.2 Å². The molecule has 7 heteroatoms. The van der Waals surface area contributed by atoms with Gasteiger partial charge in [-0.2, -0.15) is 0 Å². The maximum absolute atomic E-state index is 13.4. The quantitative estimate of drug-likeness (QED) is 0.575. The molecule has 156 valence electrons. The molecule has 1 aromatic heterocycles. The number of rotatable bonds is 6. The van der Waals surface area contributed by atoms with Crippen LogP contribution < -0.4 is 4.74 Å². The number of carbonyl (C=O) groups excluding carboxylic acids is 1. The highest BCUT2D eigenvalue weighted by molar-refractivity contribution is 6.30. The van der Waals surface area contributed by atoms with E-state index in [4.69, 9.17) is 20.8 Å². The van der Waals surface area contributed by atoms with E-state index in [1.165, 1.54) is 6.07 Å². The highest BCUT2D eigenvalue weighted by Gasteiger charge is 2.24. The monoisotopic (exact) mass is 428 g/mol. The van der Waals surface area contributed by atoms with Gasteiger partial charge in [0.2, 0.25) is 0 Å². The summed E-state index contributed by atoms with van der Waals surface area (Å²) in [6.45, 7) is 3.55. The highest BCUT2D eigenvalue weighted by atomic mass is 35.5. The summed E-state index contributed by atoms with van der Waals surface area (Å²) in [5, 5.41) is 0.597. The molecule has 1 fully saturated rings. The average Bonchev–Trinajstić information content (AvgIpc) is 3.22. The number of halogens is 2. The van der Waals surface area contributed by atoms with E-state index in [0.29, 0.717) is 41.9 Å². The van der Waals surface area contributed by atoms with Gasteiger partial charge in [-0.3, -0.25) is 9.69 Å². The Kier molecular flexibility index (Phi) is 6.35. The van der Waals surface area contributed by atoms with Crippen LogP contribution in [0.4, 0.5) is 4.39 Å². The van der Waals surface area contributed by atoms with Crippen LogP contribution in [0.1, 0.15) is 21.9 Å². The third-order valence-corrected chi connectivity index (χ3v) is 5.24. The van der Waals surface area contributed by atoms with Gasteiger partial charge in [-0.15, -0.1) is 0 Å². The molecule has 4 rings (SSSR count). The first kappa shape index (κ1) is 20.4. The van der Waals surface area contributed by atoms with Crippen LogP contribution in [0.3, 0.4) is 0 Å². The average molecular weight is 429 g/mol. The Morgan fingerprint density at radius 1 is 1.03 bits per heavy atom. The fraction of sp³-hybridized carbons (Fsp3) is 0.261. The second kappa shape index (κ2) is 9.32. The lowest BCUT2D eigenvalue weighted by Crippen LogP contribution is -2.48. The fourth-order valence-corrected chi connectivity index (χ4v) is 3.62. The lowest BCUT2D eigenvalue weighted by molar-refractivity contribution is 0.0594. The van der Waals surface area contributed by atoms with Crippen molar-refractivity contribution in [1.29, 1.82) is 0 Å². The number of ether oxygens (including phenoxy) is 1. The fourth-order valence-electron chi connectivity index (χ4n) is 3.44. The minimum Gasteiger partial charge on any atom is -0.486 e. The van der Waals surface area contributed by atoms with Gasteiger partial charge in [0.25, 0.3) is 5.91 Å². The van der Waals surface area contributed by atoms with Gasteiger partial charge >= 0.3 is 0 Å². The third-order valence-electron chi connectivity index (χ3n) is 5.00. The largest absolute Gasteiger partial charge is 0.486 e. The number of nitrogens with zero attached hydrogens (tertiary/aromatic N) is 2. The molecular formula is C23H22ClFN2O3. The summed E-state index contributed by atoms with van der Waals surface area (Å²) in [6.07, 6.45) is 0. The third kappa shape index (κ3) is 5.20. The first-order valence-corrected chi connectivity index (χ1v) is 10.2. The van der Waals surface area contributed by atoms with E-state index in [9.17, 15) is 9.18 Å². The Labute approximate surface area is 179 Å². The Morgan fingerprint density at radius 3 is 2.60 bits per heavy atom. The van der Waals surface area contributed by atoms with E-state index < -0.39 is 0 Å². The summed E-state index contributed by atoms with van der Waals surface area (Å²) in [4.78, 5) is 16.7. The molecule has 30 heavy (non-hydrogen) atoms. The van der Waals surface area contributed by atoms with Crippen molar-refractivity contribution in [3.05, 3.63) is 88.6 Å². The molecule has 2 heterocycles. The maximum atomic E-state index is 13.4. The number of benzene rings is 2. The minimum absolute atomic E-state index is 0.130. The van der Waals surface area contributed by atoms with Crippen LogP contribution in [0, 0.1) is 5.82 Å². The molecule has 2 aromatic carbocycles. The summed E-state index contributed by atoms with van der Waals surface area (Å²) in [5.74, 6) is 1.16. The van der Waals surface area contributed by atoms with E-state index >= 15 is 0 Å². The van der Waals surface area contributed by atoms with Crippen molar-refractivity contribution in [3.8, 4) is 5.75 Å². The summed E-state index contributed by atoms with van der Waals surface area (Å²) >= 11 is 5.95. The van der Waals surface area contributed by atoms with Crippen molar-refractivity contribution in [2.24, 2.45) is 0 Å². The molecule has 1 aliphatic heterocycles. The van der Waals surface area contributed by atoms with Crippen LogP contribution in [-0.4, -0.2) is 41.9 Å². The predicted octanol–water partition coefficient (Wildman–Crippen LogP) is 4.61. The zero-order valence-corrected chi connectivity index (χ0v) is 17.1. The molecule has 3 aromatic rings. The first-order chi connectivity index (χ1) is 14.6. The molecule has 1 saturated heterocycles. The number of carbonyl (C=O) groups is 1. The Bertz CT molecular complexity index is 1010. The molecule has 1 amide bonds. The summed E-state index contributed by atoms with van der Waals surface area (Å²) in [6, 6.07) is 17.2. The molecule has 0 atom stereocenters. The second-order valence-corrected chi connectivity index (χ2v) is 7.65. The van der Waals surface area contributed by atoms with Crippen LogP contribution in [0.25, 0.3) is 0 Å². The van der Waals surface area contributed by atoms with E-state index in [-0.39, 0.29) is 18.3 Å². The Hall–Kier alpha value is -2.83. The number of hydrogen-bond acceptors (Lipinski definition) is 4. The van der Waals surface area contributed by atoms with Gasteiger partial charge < -0.3 is 14.1 Å². The molecule has 0 unspecified atom stereocenters. The number of hydrogen-bond donors (Lipinski definition) is 0. The van der Waals surface area contributed by atoms with Crippen molar-refractivity contribution < 1.29 is 18.3 Å². The molecule has 0 spiro atoms. The minimum atomic E-state index is -0.228. The van der Waals surface area contributed by atoms with Crippen molar-refractivity contribution in [2.45, 2.75) is 13.2 Å². The Balaban J connectivity index is 1.28. The number of piperazine rings is 1. The summed E-state index contributed by atoms with van der Waals surface area (Å²) in [7, 11) is 0. The van der Waals surface area contributed by atoms with Crippen molar-refractivity contribution >= 4 is 17.5 Å². The molecule has 0 aliphatic carbocycles. The zero-order chi connectivity index (χ0) is 20.9. The van der Waals surface area contributed by atoms with Crippen LogP contribution in [-0.2, 0) is 13.2 Å². The van der Waals surface area contributed by atoms with Crippen molar-refractivity contribution in [3.63, 3.8) is 0 Å². The molecule has 0 bridgehead atoms. The topological polar surface area (TPSA) is 45.9 Å². The van der Waals surface area contributed by atoms with Gasteiger partial charge in [-0.25, -0.2) is 4.39 Å². The lowest BCUT2D eigenvalue weighted by atomic mass is 10.2. The summed E-state index contributed by atoms with van der Waals surface area (Å²) < 4.78 is 24.7. The lowest BCUT2D eigenvalue weighted by Gasteiger charge is -2.34.